The average molecular weight is 245 g/mol. The van der Waals surface area contributed by atoms with Crippen LogP contribution < -0.4 is 5.73 Å². The molecule has 1 aromatic heterocycles. The molecule has 1 aromatic rings. The number of nitrogens with one attached hydrogen (secondary N) is 1. The van der Waals surface area contributed by atoms with Gasteiger partial charge in [0.15, 0.2) is 0 Å². The number of hydrogen-bond acceptors (Lipinski definition) is 2. The zero-order valence-electron chi connectivity index (χ0n) is 11.1. The molecule has 1 unspecified atom stereocenters. The van der Waals surface area contributed by atoms with Gasteiger partial charge in [0.1, 0.15) is 0 Å². The lowest BCUT2D eigenvalue weighted by Crippen LogP contribution is -2.43. The van der Waals surface area contributed by atoms with E-state index in [4.69, 9.17) is 5.73 Å². The maximum Gasteiger partial charge on any atom is 0.0789 e. The molecule has 4 saturated carbocycles. The van der Waals surface area contributed by atoms with E-state index < -0.39 is 0 Å². The molecule has 0 saturated heterocycles. The van der Waals surface area contributed by atoms with Crippen molar-refractivity contribution in [2.45, 2.75) is 51.0 Å². The van der Waals surface area contributed by atoms with Crippen LogP contribution in [-0.4, -0.2) is 10.2 Å². The van der Waals surface area contributed by atoms with Gasteiger partial charge in [-0.05, 0) is 68.8 Å². The van der Waals surface area contributed by atoms with Crippen LogP contribution in [0.5, 0.6) is 0 Å². The highest BCUT2D eigenvalue weighted by Crippen LogP contribution is 2.59. The third kappa shape index (κ3) is 1.56. The first-order valence-electron chi connectivity index (χ1n) is 7.51. The SMILES string of the molecule is CC(N)c1cc(C2C3CC4CC(C3)CC2C4)[nH]n1. The quantitative estimate of drug-likeness (QED) is 0.841. The van der Waals surface area contributed by atoms with Crippen LogP contribution in [0.4, 0.5) is 0 Å². The Morgan fingerprint density at radius 3 is 2.28 bits per heavy atom. The van der Waals surface area contributed by atoms with Crippen LogP contribution in [0.15, 0.2) is 6.07 Å². The van der Waals surface area contributed by atoms with E-state index in [1.807, 2.05) is 6.92 Å². The number of aromatic amines is 1. The monoisotopic (exact) mass is 245 g/mol. The molecule has 0 spiro atoms. The second kappa shape index (κ2) is 3.83. The molecule has 98 valence electrons. The fourth-order valence-electron chi connectivity index (χ4n) is 5.19. The van der Waals surface area contributed by atoms with Crippen molar-refractivity contribution in [1.29, 1.82) is 0 Å². The summed E-state index contributed by atoms with van der Waals surface area (Å²) in [6, 6.07) is 2.28. The van der Waals surface area contributed by atoms with Crippen LogP contribution in [0.1, 0.15) is 62.4 Å². The second-order valence-electron chi connectivity index (χ2n) is 6.99. The molecular weight excluding hydrogens is 222 g/mol. The van der Waals surface area contributed by atoms with Gasteiger partial charge < -0.3 is 5.73 Å². The van der Waals surface area contributed by atoms with Gasteiger partial charge in [0, 0.05) is 17.7 Å². The van der Waals surface area contributed by atoms with Gasteiger partial charge in [-0.2, -0.15) is 5.10 Å². The number of nitrogens with two attached hydrogens (primary N) is 1. The van der Waals surface area contributed by atoms with Crippen molar-refractivity contribution in [3.05, 3.63) is 17.5 Å². The number of aromatic nitrogens is 2. The summed E-state index contributed by atoms with van der Waals surface area (Å²) in [5.41, 5.74) is 8.32. The Morgan fingerprint density at radius 2 is 1.78 bits per heavy atom. The lowest BCUT2D eigenvalue weighted by Gasteiger charge is -2.54. The van der Waals surface area contributed by atoms with Crippen molar-refractivity contribution in [2.24, 2.45) is 29.4 Å². The van der Waals surface area contributed by atoms with E-state index in [0.717, 1.165) is 35.3 Å². The van der Waals surface area contributed by atoms with E-state index in [1.54, 1.807) is 0 Å². The topological polar surface area (TPSA) is 54.7 Å². The number of H-pyrrole nitrogens is 1. The Hall–Kier alpha value is -0.830. The van der Waals surface area contributed by atoms with Crippen molar-refractivity contribution in [1.82, 2.24) is 10.2 Å². The average Bonchev–Trinajstić information content (AvgIpc) is 2.77. The Morgan fingerprint density at radius 1 is 1.17 bits per heavy atom. The summed E-state index contributed by atoms with van der Waals surface area (Å²) in [6.07, 6.45) is 7.37. The highest BCUT2D eigenvalue weighted by molar-refractivity contribution is 5.20. The van der Waals surface area contributed by atoms with E-state index in [-0.39, 0.29) is 6.04 Å². The van der Waals surface area contributed by atoms with Crippen molar-refractivity contribution in [3.63, 3.8) is 0 Å². The number of nitrogens with zero attached hydrogens (tertiary/aromatic N) is 1. The molecule has 3 nitrogen and oxygen atoms in total. The molecule has 0 radical (unpaired) electrons. The molecule has 0 amide bonds. The van der Waals surface area contributed by atoms with Crippen LogP contribution in [-0.2, 0) is 0 Å². The molecule has 3 heteroatoms. The predicted octanol–water partition coefficient (Wildman–Crippen LogP) is 2.97. The summed E-state index contributed by atoms with van der Waals surface area (Å²) < 4.78 is 0. The molecule has 4 aliphatic carbocycles. The van der Waals surface area contributed by atoms with Crippen LogP contribution in [0, 0.1) is 23.7 Å². The zero-order chi connectivity index (χ0) is 12.3. The van der Waals surface area contributed by atoms with Gasteiger partial charge in [-0.3, -0.25) is 5.10 Å². The molecule has 4 bridgehead atoms. The molecular formula is C15H23N3. The maximum atomic E-state index is 5.92. The highest BCUT2D eigenvalue weighted by Gasteiger charge is 2.49. The van der Waals surface area contributed by atoms with E-state index in [2.05, 4.69) is 16.3 Å². The summed E-state index contributed by atoms with van der Waals surface area (Å²) in [5.74, 6) is 4.67. The molecule has 18 heavy (non-hydrogen) atoms. The minimum Gasteiger partial charge on any atom is -0.323 e. The van der Waals surface area contributed by atoms with Gasteiger partial charge in [0.05, 0.1) is 5.69 Å². The molecule has 4 aliphatic rings. The minimum atomic E-state index is 0.0480. The first kappa shape index (κ1) is 11.0. The van der Waals surface area contributed by atoms with E-state index in [9.17, 15) is 0 Å². The zero-order valence-corrected chi connectivity index (χ0v) is 11.1. The van der Waals surface area contributed by atoms with Crippen molar-refractivity contribution in [2.75, 3.05) is 0 Å². The van der Waals surface area contributed by atoms with Crippen molar-refractivity contribution in [3.8, 4) is 0 Å². The van der Waals surface area contributed by atoms with Gasteiger partial charge >= 0.3 is 0 Å². The van der Waals surface area contributed by atoms with Gasteiger partial charge in [0.2, 0.25) is 0 Å². The molecule has 1 heterocycles. The third-order valence-corrected chi connectivity index (χ3v) is 5.67. The Bertz CT molecular complexity index is 420. The third-order valence-electron chi connectivity index (χ3n) is 5.67. The fourth-order valence-corrected chi connectivity index (χ4v) is 5.19. The molecule has 0 aromatic carbocycles. The van der Waals surface area contributed by atoms with E-state index in [1.165, 1.54) is 37.8 Å². The lowest BCUT2D eigenvalue weighted by atomic mass is 9.51. The molecule has 3 N–H and O–H groups in total. The first-order chi connectivity index (χ1) is 8.70. The van der Waals surface area contributed by atoms with Crippen LogP contribution >= 0.6 is 0 Å². The highest BCUT2D eigenvalue weighted by atomic mass is 15.1. The van der Waals surface area contributed by atoms with Crippen LogP contribution in [0.25, 0.3) is 0 Å². The largest absolute Gasteiger partial charge is 0.323 e. The van der Waals surface area contributed by atoms with Gasteiger partial charge in [-0.25, -0.2) is 0 Å². The van der Waals surface area contributed by atoms with Crippen LogP contribution in [0.3, 0.4) is 0 Å². The number of rotatable bonds is 2. The van der Waals surface area contributed by atoms with Gasteiger partial charge in [-0.1, -0.05) is 0 Å². The summed E-state index contributed by atoms with van der Waals surface area (Å²) in [4.78, 5) is 0. The minimum absolute atomic E-state index is 0.0480. The van der Waals surface area contributed by atoms with Crippen molar-refractivity contribution >= 4 is 0 Å². The standard InChI is InChI=1S/C15H23N3/c1-8(16)13-7-14(18-17-13)15-11-3-9-2-10(5-11)6-12(15)4-9/h7-12,15H,2-6,16H2,1H3,(H,17,18). The molecule has 4 fully saturated rings. The van der Waals surface area contributed by atoms with E-state index in [0.29, 0.717) is 0 Å². The summed E-state index contributed by atoms with van der Waals surface area (Å²) in [6.45, 7) is 2.01. The first-order valence-corrected chi connectivity index (χ1v) is 7.51. The summed E-state index contributed by atoms with van der Waals surface area (Å²) in [5, 5.41) is 7.68. The van der Waals surface area contributed by atoms with Gasteiger partial charge in [-0.15, -0.1) is 0 Å². The fraction of sp³-hybridized carbons (Fsp3) is 0.800. The Balaban J connectivity index is 1.64. The second-order valence-corrected chi connectivity index (χ2v) is 6.99. The Kier molecular flexibility index (Phi) is 2.35. The molecule has 5 rings (SSSR count). The Labute approximate surface area is 109 Å². The predicted molar refractivity (Wildman–Crippen MR) is 71.0 cm³/mol. The van der Waals surface area contributed by atoms with Crippen molar-refractivity contribution < 1.29 is 0 Å². The summed E-state index contributed by atoms with van der Waals surface area (Å²) >= 11 is 0. The molecule has 1 atom stereocenters. The van der Waals surface area contributed by atoms with Gasteiger partial charge in [0.25, 0.3) is 0 Å². The maximum absolute atomic E-state index is 5.92. The van der Waals surface area contributed by atoms with Crippen LogP contribution in [0.2, 0.25) is 0 Å². The molecule has 0 aliphatic heterocycles. The normalized spacial score (nSPS) is 43.3. The number of hydrogen-bond donors (Lipinski definition) is 2. The smallest absolute Gasteiger partial charge is 0.0789 e. The van der Waals surface area contributed by atoms with E-state index >= 15 is 0 Å². The summed E-state index contributed by atoms with van der Waals surface area (Å²) in [7, 11) is 0. The lowest BCUT2D eigenvalue weighted by molar-refractivity contribution is -0.00416.